The number of ether oxygens (including phenoxy) is 1. The number of carbonyl (C=O) groups is 1. The van der Waals surface area contributed by atoms with Crippen LogP contribution in [-0.4, -0.2) is 16.0 Å². The van der Waals surface area contributed by atoms with E-state index in [0.717, 1.165) is 39.3 Å². The van der Waals surface area contributed by atoms with Crippen molar-refractivity contribution >= 4 is 36.3 Å². The van der Waals surface area contributed by atoms with E-state index in [4.69, 9.17) is 19.2 Å². The number of alkyl carbamates (subject to hydrolysis) is 1. The molecule has 2 heterocycles. The molecule has 0 fully saturated rings. The van der Waals surface area contributed by atoms with Crippen molar-refractivity contribution in [3.05, 3.63) is 77.7 Å². The van der Waals surface area contributed by atoms with Crippen molar-refractivity contribution in [1.29, 1.82) is 0 Å². The minimum absolute atomic E-state index is 0.439. The van der Waals surface area contributed by atoms with Crippen molar-refractivity contribution in [2.24, 2.45) is 0 Å². The summed E-state index contributed by atoms with van der Waals surface area (Å²) in [7, 11) is -1.50. The van der Waals surface area contributed by atoms with E-state index in [2.05, 4.69) is 42.6 Å². The highest BCUT2D eigenvalue weighted by atomic mass is 32.1. The number of aromatic nitrogens is 1. The number of hydrogen-bond donors (Lipinski definition) is 2. The molecule has 2 aromatic carbocycles. The fourth-order valence-corrected chi connectivity index (χ4v) is 3.94. The van der Waals surface area contributed by atoms with E-state index < -0.39 is 14.8 Å². The first kappa shape index (κ1) is 21.0. The van der Waals surface area contributed by atoms with Crippen LogP contribution < -0.4 is 5.32 Å². The second kappa shape index (κ2) is 10.2. The third-order valence-electron chi connectivity index (χ3n) is 4.34. The summed E-state index contributed by atoms with van der Waals surface area (Å²) in [5, 5.41) is 3.86. The van der Waals surface area contributed by atoms with E-state index >= 15 is 0 Å². The summed E-state index contributed by atoms with van der Waals surface area (Å²) in [6, 6.07) is 16.5. The number of benzene rings is 2. The van der Waals surface area contributed by atoms with E-state index in [1.807, 2.05) is 24.3 Å². The molecule has 1 unspecified atom stereocenters. The molecule has 1 aliphatic heterocycles. The molecule has 0 spiro atoms. The summed E-state index contributed by atoms with van der Waals surface area (Å²) < 4.78 is 14.7. The molecule has 1 atom stereocenters. The number of thiazole rings is 1. The summed E-state index contributed by atoms with van der Waals surface area (Å²) >= 11 is 1.70. The Labute approximate surface area is 173 Å². The molecule has 8 heteroatoms. The maximum atomic E-state index is 11.6. The SMILES string of the molecule is CCC1=C(Cc2ccc(-c3nc4ccccc4s3)cc2)NC(=O)OC=C1.O=[PH2]O. The second-order valence-corrected chi connectivity index (χ2v) is 7.40. The van der Waals surface area contributed by atoms with Gasteiger partial charge in [0.1, 0.15) is 5.01 Å². The molecule has 0 aliphatic carbocycles. The lowest BCUT2D eigenvalue weighted by Gasteiger charge is -2.11. The van der Waals surface area contributed by atoms with Gasteiger partial charge in [-0.2, -0.15) is 0 Å². The van der Waals surface area contributed by atoms with Crippen LogP contribution in [0.3, 0.4) is 0 Å². The number of hydrogen-bond acceptors (Lipinski definition) is 5. The molecule has 150 valence electrons. The number of nitrogens with one attached hydrogen (secondary N) is 1. The first-order chi connectivity index (χ1) is 14.1. The van der Waals surface area contributed by atoms with Gasteiger partial charge in [0, 0.05) is 17.7 Å². The van der Waals surface area contributed by atoms with Crippen LogP contribution in [-0.2, 0) is 15.7 Å². The van der Waals surface area contributed by atoms with E-state index in [1.165, 1.54) is 11.0 Å². The van der Waals surface area contributed by atoms with Gasteiger partial charge in [0.25, 0.3) is 0 Å². The summed E-state index contributed by atoms with van der Waals surface area (Å²) in [6.07, 6.45) is 4.34. The highest BCUT2D eigenvalue weighted by Gasteiger charge is 2.13. The van der Waals surface area contributed by atoms with Crippen molar-refractivity contribution in [2.45, 2.75) is 19.8 Å². The number of carbonyl (C=O) groups excluding carboxylic acids is 1. The molecule has 1 aromatic heterocycles. The average molecular weight is 428 g/mol. The maximum absolute atomic E-state index is 11.6. The fourth-order valence-electron chi connectivity index (χ4n) is 2.97. The highest BCUT2D eigenvalue weighted by Crippen LogP contribution is 2.30. The van der Waals surface area contributed by atoms with Crippen LogP contribution in [0, 0.1) is 0 Å². The van der Waals surface area contributed by atoms with Crippen LogP contribution in [0.1, 0.15) is 18.9 Å². The van der Waals surface area contributed by atoms with E-state index in [9.17, 15) is 4.79 Å². The lowest BCUT2D eigenvalue weighted by Crippen LogP contribution is -2.23. The molecule has 6 nitrogen and oxygen atoms in total. The van der Waals surface area contributed by atoms with Gasteiger partial charge in [-0.05, 0) is 35.8 Å². The third kappa shape index (κ3) is 5.41. The fraction of sp³-hybridized carbons (Fsp3) is 0.143. The van der Waals surface area contributed by atoms with Crippen molar-refractivity contribution in [3.8, 4) is 10.6 Å². The van der Waals surface area contributed by atoms with E-state index in [1.54, 1.807) is 11.3 Å². The zero-order chi connectivity index (χ0) is 20.6. The molecule has 0 saturated carbocycles. The Hall–Kier alpha value is -2.73. The van der Waals surface area contributed by atoms with Gasteiger partial charge in [0.05, 0.1) is 16.5 Å². The van der Waals surface area contributed by atoms with E-state index in [-0.39, 0.29) is 0 Å². The maximum Gasteiger partial charge on any atom is 0.416 e. The Morgan fingerprint density at radius 3 is 2.59 bits per heavy atom. The molecular formula is C21H21N2O4PS. The Morgan fingerprint density at radius 1 is 1.17 bits per heavy atom. The van der Waals surface area contributed by atoms with Gasteiger partial charge >= 0.3 is 6.09 Å². The number of allylic oxidation sites excluding steroid dienone is 3. The van der Waals surface area contributed by atoms with Crippen LogP contribution >= 0.6 is 20.0 Å². The van der Waals surface area contributed by atoms with Crippen LogP contribution in [0.15, 0.2) is 72.1 Å². The molecule has 3 aromatic rings. The molecule has 2 N–H and O–H groups in total. The summed E-state index contributed by atoms with van der Waals surface area (Å²) in [6.45, 7) is 2.06. The summed E-state index contributed by atoms with van der Waals surface area (Å²) in [5.41, 5.74) is 5.23. The second-order valence-electron chi connectivity index (χ2n) is 6.16. The zero-order valence-corrected chi connectivity index (χ0v) is 17.8. The number of amides is 1. The van der Waals surface area contributed by atoms with Crippen molar-refractivity contribution in [1.82, 2.24) is 10.3 Å². The van der Waals surface area contributed by atoms with Gasteiger partial charge in [-0.3, -0.25) is 9.88 Å². The number of nitrogens with zero attached hydrogens (tertiary/aromatic N) is 1. The molecule has 0 saturated heterocycles. The standard InChI is InChI=1S/C21H18N2O2S.H3O2P/c1-2-15-11-12-25-21(24)23-18(15)13-14-7-9-16(10-8-14)20-22-17-5-3-4-6-19(17)26-20;1-3-2/h3-12H,2,13H2,1H3,(H,23,24);3H2,(H,1,2). The van der Waals surface area contributed by atoms with Gasteiger partial charge in [-0.15, -0.1) is 11.3 Å². The molecule has 1 aliphatic rings. The van der Waals surface area contributed by atoms with Gasteiger partial charge in [-0.1, -0.05) is 43.3 Å². The number of fused-ring (bicyclic) bond motifs is 1. The number of rotatable bonds is 4. The van der Waals surface area contributed by atoms with E-state index in [0.29, 0.717) is 6.42 Å². The average Bonchev–Trinajstić information content (AvgIpc) is 3.08. The smallest absolute Gasteiger partial charge is 0.416 e. The Bertz CT molecular complexity index is 1040. The lowest BCUT2D eigenvalue weighted by molar-refractivity contribution is 0.189. The van der Waals surface area contributed by atoms with Gasteiger partial charge in [-0.25, -0.2) is 9.78 Å². The predicted octanol–water partition coefficient (Wildman–Crippen LogP) is 5.07. The van der Waals surface area contributed by atoms with Crippen LogP contribution in [0.25, 0.3) is 20.8 Å². The van der Waals surface area contributed by atoms with Gasteiger partial charge in [0.15, 0.2) is 8.69 Å². The largest absolute Gasteiger partial charge is 0.418 e. The Balaban J connectivity index is 0.000000755. The monoisotopic (exact) mass is 428 g/mol. The Kier molecular flexibility index (Phi) is 7.36. The van der Waals surface area contributed by atoms with Crippen molar-refractivity contribution in [2.75, 3.05) is 0 Å². The minimum atomic E-state index is -1.50. The normalized spacial score (nSPS) is 13.8. The molecule has 0 bridgehead atoms. The first-order valence-corrected chi connectivity index (χ1v) is 10.8. The first-order valence-electron chi connectivity index (χ1n) is 9.03. The molecule has 29 heavy (non-hydrogen) atoms. The third-order valence-corrected chi connectivity index (χ3v) is 5.43. The quantitative estimate of drug-likeness (QED) is 0.566. The Morgan fingerprint density at radius 2 is 1.90 bits per heavy atom. The molecule has 0 radical (unpaired) electrons. The molecular weight excluding hydrogens is 407 g/mol. The van der Waals surface area contributed by atoms with Gasteiger partial charge < -0.3 is 9.63 Å². The van der Waals surface area contributed by atoms with Gasteiger partial charge in [0.2, 0.25) is 0 Å². The number of cyclic esters (lactones) is 1. The highest BCUT2D eigenvalue weighted by molar-refractivity contribution is 7.21. The molecule has 1 amide bonds. The summed E-state index contributed by atoms with van der Waals surface area (Å²) in [4.78, 5) is 23.4. The lowest BCUT2D eigenvalue weighted by atomic mass is 10.0. The minimum Gasteiger partial charge on any atom is -0.418 e. The zero-order valence-electron chi connectivity index (χ0n) is 15.8. The van der Waals surface area contributed by atoms with Crippen molar-refractivity contribution < 1.29 is 19.0 Å². The van der Waals surface area contributed by atoms with Crippen LogP contribution in [0.2, 0.25) is 0 Å². The van der Waals surface area contributed by atoms with Crippen LogP contribution in [0.4, 0.5) is 4.79 Å². The number of para-hydroxylation sites is 1. The van der Waals surface area contributed by atoms with Crippen molar-refractivity contribution in [3.63, 3.8) is 0 Å². The topological polar surface area (TPSA) is 88.5 Å². The molecule has 4 rings (SSSR count). The predicted molar refractivity (Wildman–Crippen MR) is 117 cm³/mol. The summed E-state index contributed by atoms with van der Waals surface area (Å²) in [5.74, 6) is 0. The van der Waals surface area contributed by atoms with Crippen LogP contribution in [0.5, 0.6) is 0 Å².